The highest BCUT2D eigenvalue weighted by Gasteiger charge is 2.23. The third-order valence-electron chi connectivity index (χ3n) is 3.85. The summed E-state index contributed by atoms with van der Waals surface area (Å²) in [5, 5.41) is 10.3. The molecular formula is C21H19N3O3S. The van der Waals surface area contributed by atoms with Crippen molar-refractivity contribution in [3.63, 3.8) is 0 Å². The minimum absolute atomic E-state index is 0.165. The van der Waals surface area contributed by atoms with Crippen molar-refractivity contribution >= 4 is 40.3 Å². The molecule has 0 saturated heterocycles. The molecule has 3 N–H and O–H groups in total. The van der Waals surface area contributed by atoms with E-state index in [1.54, 1.807) is 60.7 Å². The summed E-state index contributed by atoms with van der Waals surface area (Å²) in [6.07, 6.45) is -0.932. The minimum atomic E-state index is -0.932. The van der Waals surface area contributed by atoms with Gasteiger partial charge < -0.3 is 16.0 Å². The predicted octanol–water partition coefficient (Wildman–Crippen LogP) is 3.76. The standard InChI is InChI=1S/C21H19N3O3S/c1-14(25)22-16-9-11-17(12-10-16)23-20(19(26)18-8-5-13-28-18)24-21(27)15-6-3-2-4-7-15/h2-13,20,23H,1H3,(H,22,25)(H,24,27). The first-order valence-corrected chi connectivity index (χ1v) is 9.49. The fraction of sp³-hybridized carbons (Fsp3) is 0.0952. The lowest BCUT2D eigenvalue weighted by atomic mass is 10.2. The van der Waals surface area contributed by atoms with Gasteiger partial charge in [0.05, 0.1) is 4.88 Å². The lowest BCUT2D eigenvalue weighted by Crippen LogP contribution is -2.46. The molecule has 0 saturated carbocycles. The Morgan fingerprint density at radius 1 is 0.857 bits per heavy atom. The number of anilines is 2. The Labute approximate surface area is 166 Å². The maximum Gasteiger partial charge on any atom is 0.253 e. The molecule has 2 amide bonds. The van der Waals surface area contributed by atoms with Crippen molar-refractivity contribution in [2.24, 2.45) is 0 Å². The Hall–Kier alpha value is -3.45. The normalized spacial score (nSPS) is 11.3. The Kier molecular flexibility index (Phi) is 6.18. The van der Waals surface area contributed by atoms with Gasteiger partial charge in [-0.3, -0.25) is 14.4 Å². The van der Waals surface area contributed by atoms with E-state index in [0.29, 0.717) is 21.8 Å². The van der Waals surface area contributed by atoms with Crippen LogP contribution in [0.25, 0.3) is 0 Å². The van der Waals surface area contributed by atoms with E-state index < -0.39 is 6.17 Å². The highest BCUT2D eigenvalue weighted by atomic mass is 32.1. The lowest BCUT2D eigenvalue weighted by molar-refractivity contribution is -0.114. The molecule has 3 rings (SSSR count). The van der Waals surface area contributed by atoms with Gasteiger partial charge in [-0.1, -0.05) is 24.3 Å². The number of benzene rings is 2. The smallest absolute Gasteiger partial charge is 0.253 e. The van der Waals surface area contributed by atoms with Crippen LogP contribution < -0.4 is 16.0 Å². The lowest BCUT2D eigenvalue weighted by Gasteiger charge is -2.20. The molecule has 2 aromatic carbocycles. The summed E-state index contributed by atoms with van der Waals surface area (Å²) in [4.78, 5) is 37.1. The molecule has 1 heterocycles. The number of Topliss-reactive ketones (excluding diaryl/α,β-unsaturated/α-hetero) is 1. The zero-order valence-corrected chi connectivity index (χ0v) is 16.0. The number of thiophene rings is 1. The van der Waals surface area contributed by atoms with E-state index >= 15 is 0 Å². The van der Waals surface area contributed by atoms with Gasteiger partial charge in [0.2, 0.25) is 11.7 Å². The molecule has 142 valence electrons. The van der Waals surface area contributed by atoms with Crippen LogP contribution >= 0.6 is 11.3 Å². The van der Waals surface area contributed by atoms with Crippen molar-refractivity contribution < 1.29 is 14.4 Å². The molecule has 6 nitrogen and oxygen atoms in total. The van der Waals surface area contributed by atoms with Crippen LogP contribution in [0.5, 0.6) is 0 Å². The molecule has 0 aliphatic heterocycles. The van der Waals surface area contributed by atoms with Gasteiger partial charge in [-0.15, -0.1) is 11.3 Å². The summed E-state index contributed by atoms with van der Waals surface area (Å²) in [5.41, 5.74) is 1.75. The average molecular weight is 393 g/mol. The van der Waals surface area contributed by atoms with Crippen molar-refractivity contribution in [3.8, 4) is 0 Å². The van der Waals surface area contributed by atoms with Gasteiger partial charge in [0.15, 0.2) is 6.17 Å². The topological polar surface area (TPSA) is 87.3 Å². The summed E-state index contributed by atoms with van der Waals surface area (Å²) < 4.78 is 0. The second-order valence-electron chi connectivity index (χ2n) is 6.02. The van der Waals surface area contributed by atoms with Gasteiger partial charge >= 0.3 is 0 Å². The van der Waals surface area contributed by atoms with Crippen molar-refractivity contribution in [1.82, 2.24) is 5.32 Å². The molecule has 3 aromatic rings. The predicted molar refractivity (Wildman–Crippen MR) is 111 cm³/mol. The number of carbonyl (C=O) groups excluding carboxylic acids is 3. The van der Waals surface area contributed by atoms with Crippen LogP contribution in [0, 0.1) is 0 Å². The Morgan fingerprint density at radius 2 is 1.54 bits per heavy atom. The molecule has 0 spiro atoms. The second kappa shape index (κ2) is 8.96. The van der Waals surface area contributed by atoms with E-state index in [1.807, 2.05) is 11.4 Å². The van der Waals surface area contributed by atoms with E-state index in [2.05, 4.69) is 16.0 Å². The average Bonchev–Trinajstić information content (AvgIpc) is 3.23. The van der Waals surface area contributed by atoms with Crippen LogP contribution in [-0.2, 0) is 4.79 Å². The van der Waals surface area contributed by atoms with Crippen LogP contribution in [0.15, 0.2) is 72.1 Å². The fourth-order valence-electron chi connectivity index (χ4n) is 2.55. The van der Waals surface area contributed by atoms with Gasteiger partial charge in [0, 0.05) is 23.9 Å². The van der Waals surface area contributed by atoms with E-state index in [-0.39, 0.29) is 17.6 Å². The van der Waals surface area contributed by atoms with Gasteiger partial charge in [-0.05, 0) is 47.8 Å². The third-order valence-corrected chi connectivity index (χ3v) is 4.74. The number of amides is 2. The molecule has 1 unspecified atom stereocenters. The number of rotatable bonds is 7. The fourth-order valence-corrected chi connectivity index (χ4v) is 3.25. The minimum Gasteiger partial charge on any atom is -0.359 e. The van der Waals surface area contributed by atoms with Crippen molar-refractivity contribution in [2.45, 2.75) is 13.1 Å². The van der Waals surface area contributed by atoms with Crippen LogP contribution in [-0.4, -0.2) is 23.8 Å². The Morgan fingerprint density at radius 3 is 2.14 bits per heavy atom. The highest BCUT2D eigenvalue weighted by molar-refractivity contribution is 7.12. The molecule has 7 heteroatoms. The highest BCUT2D eigenvalue weighted by Crippen LogP contribution is 2.17. The summed E-state index contributed by atoms with van der Waals surface area (Å²) in [6, 6.07) is 19.1. The first-order valence-electron chi connectivity index (χ1n) is 8.61. The summed E-state index contributed by atoms with van der Waals surface area (Å²) in [7, 11) is 0. The summed E-state index contributed by atoms with van der Waals surface area (Å²) >= 11 is 1.31. The number of carbonyl (C=O) groups is 3. The van der Waals surface area contributed by atoms with Crippen molar-refractivity contribution in [1.29, 1.82) is 0 Å². The number of ketones is 1. The molecule has 0 fully saturated rings. The Bertz CT molecular complexity index is 954. The number of hydrogen-bond donors (Lipinski definition) is 3. The largest absolute Gasteiger partial charge is 0.359 e. The van der Waals surface area contributed by atoms with Gasteiger partial charge in [0.1, 0.15) is 0 Å². The van der Waals surface area contributed by atoms with Crippen molar-refractivity contribution in [2.75, 3.05) is 10.6 Å². The Balaban J connectivity index is 1.79. The van der Waals surface area contributed by atoms with E-state index in [4.69, 9.17) is 0 Å². The van der Waals surface area contributed by atoms with Crippen LogP contribution in [0.3, 0.4) is 0 Å². The maximum absolute atomic E-state index is 12.9. The molecular weight excluding hydrogens is 374 g/mol. The summed E-state index contributed by atoms with van der Waals surface area (Å²) in [5.74, 6) is -0.746. The summed E-state index contributed by atoms with van der Waals surface area (Å²) in [6.45, 7) is 1.43. The molecule has 0 aliphatic carbocycles. The van der Waals surface area contributed by atoms with E-state index in [9.17, 15) is 14.4 Å². The molecule has 0 bridgehead atoms. The molecule has 28 heavy (non-hydrogen) atoms. The molecule has 1 atom stereocenters. The third kappa shape index (κ3) is 5.05. The first-order chi connectivity index (χ1) is 13.5. The van der Waals surface area contributed by atoms with Crippen LogP contribution in [0.1, 0.15) is 27.0 Å². The SMILES string of the molecule is CC(=O)Nc1ccc(NC(NC(=O)c2ccccc2)C(=O)c2cccs2)cc1. The monoisotopic (exact) mass is 393 g/mol. The van der Waals surface area contributed by atoms with Crippen LogP contribution in [0.2, 0.25) is 0 Å². The van der Waals surface area contributed by atoms with Gasteiger partial charge in [-0.25, -0.2) is 0 Å². The first kappa shape index (κ1) is 19.3. The molecule has 0 aliphatic rings. The number of nitrogens with one attached hydrogen (secondary N) is 3. The van der Waals surface area contributed by atoms with Gasteiger partial charge in [-0.2, -0.15) is 0 Å². The maximum atomic E-state index is 12.9. The second-order valence-corrected chi connectivity index (χ2v) is 6.96. The van der Waals surface area contributed by atoms with Crippen LogP contribution in [0.4, 0.5) is 11.4 Å². The number of hydrogen-bond acceptors (Lipinski definition) is 5. The van der Waals surface area contributed by atoms with E-state index in [0.717, 1.165) is 0 Å². The zero-order chi connectivity index (χ0) is 19.9. The van der Waals surface area contributed by atoms with E-state index in [1.165, 1.54) is 18.3 Å². The molecule has 0 radical (unpaired) electrons. The van der Waals surface area contributed by atoms with Gasteiger partial charge in [0.25, 0.3) is 5.91 Å². The van der Waals surface area contributed by atoms with Crippen molar-refractivity contribution in [3.05, 3.63) is 82.6 Å². The quantitative estimate of drug-likeness (QED) is 0.421. The molecule has 1 aromatic heterocycles. The zero-order valence-electron chi connectivity index (χ0n) is 15.1.